The van der Waals surface area contributed by atoms with Crippen molar-refractivity contribution >= 4 is 5.91 Å². The molecule has 1 fully saturated rings. The minimum Gasteiger partial charge on any atom is -0.297 e. The molecule has 1 aliphatic heterocycles. The molecule has 0 spiro atoms. The number of rotatable bonds is 7. The number of likely N-dealkylation sites (tertiary alicyclic amines) is 1. The van der Waals surface area contributed by atoms with Crippen molar-refractivity contribution < 1.29 is 9.63 Å². The number of carbonyl (C=O) groups excluding carboxylic acids is 1. The van der Waals surface area contributed by atoms with Gasteiger partial charge in [-0.3, -0.25) is 14.5 Å². The SMILES string of the molecule is O=C(c1ccccc1)N(OCc1ccccc1)C1CCCCN(Cc2ccccc2)C1. The van der Waals surface area contributed by atoms with Crippen LogP contribution in [0.4, 0.5) is 0 Å². The lowest BCUT2D eigenvalue weighted by Gasteiger charge is -2.33. The van der Waals surface area contributed by atoms with Crippen LogP contribution in [-0.4, -0.2) is 35.0 Å². The molecule has 0 saturated carbocycles. The van der Waals surface area contributed by atoms with Gasteiger partial charge in [0.15, 0.2) is 0 Å². The van der Waals surface area contributed by atoms with Crippen molar-refractivity contribution in [1.29, 1.82) is 0 Å². The Balaban J connectivity index is 1.52. The average Bonchev–Trinajstić information content (AvgIpc) is 3.06. The number of benzene rings is 3. The second-order valence-corrected chi connectivity index (χ2v) is 8.13. The van der Waals surface area contributed by atoms with Gasteiger partial charge in [0.05, 0.1) is 6.04 Å². The molecular weight excluding hydrogens is 384 g/mol. The number of nitrogens with zero attached hydrogens (tertiary/aromatic N) is 2. The zero-order valence-electron chi connectivity index (χ0n) is 17.9. The van der Waals surface area contributed by atoms with Gasteiger partial charge in [-0.05, 0) is 49.1 Å². The second-order valence-electron chi connectivity index (χ2n) is 8.13. The number of hydrogen-bond acceptors (Lipinski definition) is 3. The number of hydrogen-bond donors (Lipinski definition) is 0. The fraction of sp³-hybridized carbons (Fsp3) is 0.296. The third-order valence-electron chi connectivity index (χ3n) is 5.75. The minimum absolute atomic E-state index is 0.0163. The summed E-state index contributed by atoms with van der Waals surface area (Å²) in [6.07, 6.45) is 3.16. The van der Waals surface area contributed by atoms with Gasteiger partial charge >= 0.3 is 0 Å². The van der Waals surface area contributed by atoms with Crippen LogP contribution in [0.25, 0.3) is 0 Å². The van der Waals surface area contributed by atoms with Crippen LogP contribution in [0.15, 0.2) is 91.0 Å². The van der Waals surface area contributed by atoms with Crippen LogP contribution >= 0.6 is 0 Å². The fourth-order valence-corrected chi connectivity index (χ4v) is 4.13. The van der Waals surface area contributed by atoms with E-state index >= 15 is 0 Å². The van der Waals surface area contributed by atoms with Gasteiger partial charge in [0.25, 0.3) is 5.91 Å². The Morgan fingerprint density at radius 2 is 1.45 bits per heavy atom. The van der Waals surface area contributed by atoms with Crippen LogP contribution in [-0.2, 0) is 18.0 Å². The molecular formula is C27H30N2O2. The summed E-state index contributed by atoms with van der Waals surface area (Å²) in [6.45, 7) is 3.12. The molecule has 1 amide bonds. The van der Waals surface area contributed by atoms with Gasteiger partial charge in [-0.2, -0.15) is 0 Å². The van der Waals surface area contributed by atoms with Crippen molar-refractivity contribution in [3.05, 3.63) is 108 Å². The lowest BCUT2D eigenvalue weighted by molar-refractivity contribution is -0.162. The summed E-state index contributed by atoms with van der Waals surface area (Å²) in [6, 6.07) is 30.0. The van der Waals surface area contributed by atoms with E-state index in [2.05, 4.69) is 29.2 Å². The van der Waals surface area contributed by atoms with Gasteiger partial charge in [0, 0.05) is 18.7 Å². The zero-order chi connectivity index (χ0) is 21.3. The first-order valence-corrected chi connectivity index (χ1v) is 11.1. The van der Waals surface area contributed by atoms with Crippen LogP contribution in [0, 0.1) is 0 Å². The van der Waals surface area contributed by atoms with Gasteiger partial charge in [-0.25, -0.2) is 5.06 Å². The van der Waals surface area contributed by atoms with Crippen LogP contribution in [0.5, 0.6) is 0 Å². The highest BCUT2D eigenvalue weighted by Gasteiger charge is 2.29. The quantitative estimate of drug-likeness (QED) is 0.491. The number of hydroxylamine groups is 2. The van der Waals surface area contributed by atoms with Crippen LogP contribution < -0.4 is 0 Å². The van der Waals surface area contributed by atoms with Crippen molar-refractivity contribution in [2.24, 2.45) is 0 Å². The van der Waals surface area contributed by atoms with Crippen LogP contribution in [0.2, 0.25) is 0 Å². The highest BCUT2D eigenvalue weighted by molar-refractivity contribution is 5.93. The summed E-state index contributed by atoms with van der Waals surface area (Å²) in [5, 5.41) is 1.64. The highest BCUT2D eigenvalue weighted by atomic mass is 16.7. The van der Waals surface area contributed by atoms with Crippen LogP contribution in [0.1, 0.15) is 40.7 Å². The highest BCUT2D eigenvalue weighted by Crippen LogP contribution is 2.21. The standard InChI is InChI=1S/C27H30N2O2/c30-27(25-16-8-3-9-17-25)29(31-22-24-14-6-2-7-15-24)26-18-10-11-19-28(21-26)20-23-12-4-1-5-13-23/h1-9,12-17,26H,10-11,18-22H2. The molecule has 0 aliphatic carbocycles. The van der Waals surface area contributed by atoms with Crippen molar-refractivity contribution in [3.8, 4) is 0 Å². The first-order valence-electron chi connectivity index (χ1n) is 11.1. The third kappa shape index (κ3) is 6.03. The molecule has 0 N–H and O–H groups in total. The monoisotopic (exact) mass is 414 g/mol. The molecule has 0 bridgehead atoms. The molecule has 4 nitrogen and oxygen atoms in total. The molecule has 0 radical (unpaired) electrons. The second kappa shape index (κ2) is 10.9. The number of carbonyl (C=O) groups is 1. The van der Waals surface area contributed by atoms with Crippen molar-refractivity contribution in [1.82, 2.24) is 9.96 Å². The van der Waals surface area contributed by atoms with E-state index in [0.29, 0.717) is 12.2 Å². The molecule has 31 heavy (non-hydrogen) atoms. The molecule has 3 aromatic rings. The lowest BCUT2D eigenvalue weighted by Crippen LogP contribution is -2.45. The first kappa shape index (κ1) is 21.3. The van der Waals surface area contributed by atoms with E-state index < -0.39 is 0 Å². The Kier molecular flexibility index (Phi) is 7.48. The maximum atomic E-state index is 13.4. The molecule has 160 valence electrons. The van der Waals surface area contributed by atoms with Gasteiger partial charge in [-0.1, -0.05) is 78.9 Å². The van der Waals surface area contributed by atoms with Crippen molar-refractivity contribution in [2.45, 2.75) is 38.5 Å². The van der Waals surface area contributed by atoms with Gasteiger partial charge < -0.3 is 0 Å². The molecule has 4 rings (SSSR count). The van der Waals surface area contributed by atoms with E-state index in [0.717, 1.165) is 44.5 Å². The summed E-state index contributed by atoms with van der Waals surface area (Å²) in [5.41, 5.74) is 3.02. The summed E-state index contributed by atoms with van der Waals surface area (Å²) < 4.78 is 0. The van der Waals surface area contributed by atoms with Gasteiger partial charge in [0.1, 0.15) is 6.61 Å². The molecule has 0 aromatic heterocycles. The Morgan fingerprint density at radius 3 is 2.13 bits per heavy atom. The smallest absolute Gasteiger partial charge is 0.277 e. The number of amides is 1. The molecule has 1 saturated heterocycles. The maximum Gasteiger partial charge on any atom is 0.277 e. The Hall–Kier alpha value is -2.95. The summed E-state index contributed by atoms with van der Waals surface area (Å²) in [5.74, 6) is -0.0666. The fourth-order valence-electron chi connectivity index (χ4n) is 4.13. The topological polar surface area (TPSA) is 32.8 Å². The molecule has 1 unspecified atom stereocenters. The average molecular weight is 415 g/mol. The normalized spacial score (nSPS) is 17.1. The minimum atomic E-state index is -0.0666. The lowest BCUT2D eigenvalue weighted by atomic mass is 10.1. The zero-order valence-corrected chi connectivity index (χ0v) is 17.9. The predicted octanol–water partition coefficient (Wildman–Crippen LogP) is 5.32. The van der Waals surface area contributed by atoms with E-state index in [4.69, 9.17) is 4.84 Å². The molecule has 4 heteroatoms. The maximum absolute atomic E-state index is 13.4. The third-order valence-corrected chi connectivity index (χ3v) is 5.75. The first-order chi connectivity index (χ1) is 15.3. The summed E-state index contributed by atoms with van der Waals surface area (Å²) in [4.78, 5) is 22.1. The predicted molar refractivity (Wildman–Crippen MR) is 123 cm³/mol. The van der Waals surface area contributed by atoms with E-state index in [1.165, 1.54) is 5.56 Å². The molecule has 1 aliphatic rings. The largest absolute Gasteiger partial charge is 0.297 e. The summed E-state index contributed by atoms with van der Waals surface area (Å²) >= 11 is 0. The van der Waals surface area contributed by atoms with E-state index in [1.54, 1.807) is 5.06 Å². The van der Waals surface area contributed by atoms with E-state index in [1.807, 2.05) is 66.7 Å². The Labute approximate surface area is 185 Å². The molecule has 3 aromatic carbocycles. The van der Waals surface area contributed by atoms with Crippen molar-refractivity contribution in [2.75, 3.05) is 13.1 Å². The molecule has 1 heterocycles. The molecule has 1 atom stereocenters. The Morgan fingerprint density at radius 1 is 0.839 bits per heavy atom. The van der Waals surface area contributed by atoms with Crippen molar-refractivity contribution in [3.63, 3.8) is 0 Å². The summed E-state index contributed by atoms with van der Waals surface area (Å²) in [7, 11) is 0. The van der Waals surface area contributed by atoms with Crippen LogP contribution in [0.3, 0.4) is 0 Å². The Bertz CT molecular complexity index is 931. The van der Waals surface area contributed by atoms with Gasteiger partial charge in [-0.15, -0.1) is 0 Å². The van der Waals surface area contributed by atoms with Gasteiger partial charge in [0.2, 0.25) is 0 Å². The van der Waals surface area contributed by atoms with E-state index in [9.17, 15) is 4.79 Å². The van der Waals surface area contributed by atoms with E-state index in [-0.39, 0.29) is 11.9 Å².